The lowest BCUT2D eigenvalue weighted by atomic mass is 10.0. The number of rotatable bonds is 3. The molecule has 4 heteroatoms. The standard InChI is InChI=1S/C19H16O4/c1-4-13-5-6-15-10-16(8-7-14(15)9-13)18(20)23-17-11(2)12(3)22-19(17)21/h4-10,12H,1H2,2-3H3. The van der Waals surface area contributed by atoms with Crippen molar-refractivity contribution in [1.29, 1.82) is 0 Å². The molecule has 4 nitrogen and oxygen atoms in total. The second kappa shape index (κ2) is 5.72. The number of benzene rings is 2. The minimum Gasteiger partial charge on any atom is -0.452 e. The third kappa shape index (κ3) is 2.75. The smallest absolute Gasteiger partial charge is 0.375 e. The molecule has 0 saturated heterocycles. The molecule has 2 aromatic rings. The zero-order valence-electron chi connectivity index (χ0n) is 13.0. The van der Waals surface area contributed by atoms with E-state index >= 15 is 0 Å². The number of hydrogen-bond acceptors (Lipinski definition) is 4. The highest BCUT2D eigenvalue weighted by Gasteiger charge is 2.32. The second-order valence-corrected chi connectivity index (χ2v) is 5.47. The molecule has 0 aromatic heterocycles. The molecule has 2 aromatic carbocycles. The lowest BCUT2D eigenvalue weighted by molar-refractivity contribution is -0.141. The first-order valence-electron chi connectivity index (χ1n) is 7.30. The van der Waals surface area contributed by atoms with Gasteiger partial charge in [-0.25, -0.2) is 9.59 Å². The number of cyclic esters (lactones) is 1. The van der Waals surface area contributed by atoms with Crippen LogP contribution in [0.2, 0.25) is 0 Å². The van der Waals surface area contributed by atoms with Gasteiger partial charge in [0.2, 0.25) is 5.76 Å². The number of esters is 2. The van der Waals surface area contributed by atoms with Gasteiger partial charge in [0.1, 0.15) is 6.10 Å². The van der Waals surface area contributed by atoms with E-state index in [1.54, 1.807) is 32.1 Å². The summed E-state index contributed by atoms with van der Waals surface area (Å²) in [5.41, 5.74) is 2.02. The summed E-state index contributed by atoms with van der Waals surface area (Å²) < 4.78 is 10.3. The van der Waals surface area contributed by atoms with E-state index in [0.717, 1.165) is 16.3 Å². The van der Waals surface area contributed by atoms with Crippen LogP contribution in [0.1, 0.15) is 29.8 Å². The van der Waals surface area contributed by atoms with E-state index in [4.69, 9.17) is 9.47 Å². The number of hydrogen-bond donors (Lipinski definition) is 0. The quantitative estimate of drug-likeness (QED) is 0.808. The summed E-state index contributed by atoms with van der Waals surface area (Å²) >= 11 is 0. The van der Waals surface area contributed by atoms with Crippen LogP contribution in [0.25, 0.3) is 16.8 Å². The summed E-state index contributed by atoms with van der Waals surface area (Å²) in [4.78, 5) is 24.0. The van der Waals surface area contributed by atoms with Gasteiger partial charge in [-0.3, -0.25) is 0 Å². The van der Waals surface area contributed by atoms with Crippen molar-refractivity contribution in [3.8, 4) is 0 Å². The first-order valence-corrected chi connectivity index (χ1v) is 7.30. The fraction of sp³-hybridized carbons (Fsp3) is 0.158. The van der Waals surface area contributed by atoms with E-state index in [-0.39, 0.29) is 11.9 Å². The highest BCUT2D eigenvalue weighted by Crippen LogP contribution is 2.25. The number of ether oxygens (including phenoxy) is 2. The van der Waals surface area contributed by atoms with Crippen LogP contribution in [0.15, 0.2) is 54.3 Å². The van der Waals surface area contributed by atoms with Crippen molar-refractivity contribution in [2.45, 2.75) is 20.0 Å². The average Bonchev–Trinajstić information content (AvgIpc) is 2.80. The van der Waals surface area contributed by atoms with E-state index in [2.05, 4.69) is 6.58 Å². The molecule has 0 aliphatic carbocycles. The van der Waals surface area contributed by atoms with E-state index in [0.29, 0.717) is 11.1 Å². The summed E-state index contributed by atoms with van der Waals surface area (Å²) in [6.45, 7) is 7.19. The zero-order chi connectivity index (χ0) is 16.6. The molecule has 116 valence electrons. The summed E-state index contributed by atoms with van der Waals surface area (Å²) in [6, 6.07) is 11.1. The predicted octanol–water partition coefficient (Wildman–Crippen LogP) is 3.86. The largest absolute Gasteiger partial charge is 0.452 e. The molecular weight excluding hydrogens is 292 g/mol. The molecule has 0 saturated carbocycles. The van der Waals surface area contributed by atoms with Crippen molar-refractivity contribution >= 4 is 28.8 Å². The van der Waals surface area contributed by atoms with Crippen molar-refractivity contribution < 1.29 is 19.1 Å². The molecule has 3 rings (SSSR count). The molecule has 0 bridgehead atoms. The summed E-state index contributed by atoms with van der Waals surface area (Å²) in [5, 5.41) is 1.92. The van der Waals surface area contributed by atoms with Crippen LogP contribution in [0.5, 0.6) is 0 Å². The van der Waals surface area contributed by atoms with Gasteiger partial charge in [-0.2, -0.15) is 0 Å². The van der Waals surface area contributed by atoms with Crippen LogP contribution in [0.3, 0.4) is 0 Å². The molecule has 0 fully saturated rings. The van der Waals surface area contributed by atoms with Crippen molar-refractivity contribution in [2.24, 2.45) is 0 Å². The zero-order valence-corrected chi connectivity index (χ0v) is 13.0. The number of fused-ring (bicyclic) bond motifs is 1. The van der Waals surface area contributed by atoms with Gasteiger partial charge in [-0.1, -0.05) is 30.9 Å². The van der Waals surface area contributed by atoms with Crippen LogP contribution in [0.4, 0.5) is 0 Å². The van der Waals surface area contributed by atoms with E-state index in [1.807, 2.05) is 24.3 Å². The molecular formula is C19H16O4. The monoisotopic (exact) mass is 308 g/mol. The molecule has 1 atom stereocenters. The van der Waals surface area contributed by atoms with Crippen molar-refractivity contribution in [3.05, 3.63) is 65.4 Å². The predicted molar refractivity (Wildman–Crippen MR) is 87.7 cm³/mol. The minimum absolute atomic E-state index is 0.00963. The van der Waals surface area contributed by atoms with Gasteiger partial charge >= 0.3 is 11.9 Å². The van der Waals surface area contributed by atoms with Gasteiger partial charge in [0.25, 0.3) is 0 Å². The third-order valence-electron chi connectivity index (χ3n) is 3.97. The Morgan fingerprint density at radius 3 is 2.57 bits per heavy atom. The highest BCUT2D eigenvalue weighted by molar-refractivity contribution is 5.99. The Balaban J connectivity index is 1.90. The van der Waals surface area contributed by atoms with Gasteiger partial charge < -0.3 is 9.47 Å². The molecule has 0 spiro atoms. The Morgan fingerprint density at radius 2 is 1.91 bits per heavy atom. The number of carbonyl (C=O) groups excluding carboxylic acids is 2. The van der Waals surface area contributed by atoms with Crippen molar-refractivity contribution in [2.75, 3.05) is 0 Å². The van der Waals surface area contributed by atoms with Gasteiger partial charge in [-0.15, -0.1) is 0 Å². The van der Waals surface area contributed by atoms with Crippen LogP contribution < -0.4 is 0 Å². The summed E-state index contributed by atoms with van der Waals surface area (Å²) in [7, 11) is 0. The van der Waals surface area contributed by atoms with Gasteiger partial charge in [-0.05, 0) is 48.4 Å². The van der Waals surface area contributed by atoms with Crippen molar-refractivity contribution in [1.82, 2.24) is 0 Å². The summed E-state index contributed by atoms with van der Waals surface area (Å²) in [6.07, 6.45) is 1.41. The average molecular weight is 308 g/mol. The van der Waals surface area contributed by atoms with Crippen LogP contribution in [-0.4, -0.2) is 18.0 Å². The van der Waals surface area contributed by atoms with E-state index in [1.165, 1.54) is 0 Å². The third-order valence-corrected chi connectivity index (χ3v) is 3.97. The van der Waals surface area contributed by atoms with E-state index < -0.39 is 11.9 Å². The molecule has 1 unspecified atom stereocenters. The maximum atomic E-state index is 12.3. The Morgan fingerprint density at radius 1 is 1.22 bits per heavy atom. The maximum Gasteiger partial charge on any atom is 0.375 e. The maximum absolute atomic E-state index is 12.3. The molecule has 1 heterocycles. The van der Waals surface area contributed by atoms with Gasteiger partial charge in [0.05, 0.1) is 5.56 Å². The number of carbonyl (C=O) groups is 2. The second-order valence-electron chi connectivity index (χ2n) is 5.47. The topological polar surface area (TPSA) is 52.6 Å². The molecule has 0 radical (unpaired) electrons. The normalized spacial score (nSPS) is 17.3. The fourth-order valence-corrected chi connectivity index (χ4v) is 2.44. The fourth-order valence-electron chi connectivity index (χ4n) is 2.44. The van der Waals surface area contributed by atoms with Gasteiger partial charge in [0.15, 0.2) is 0 Å². The molecule has 0 N–H and O–H groups in total. The van der Waals surface area contributed by atoms with Crippen LogP contribution >= 0.6 is 0 Å². The minimum atomic E-state index is -0.597. The first-order chi connectivity index (χ1) is 11.0. The Bertz CT molecular complexity index is 861. The van der Waals surface area contributed by atoms with Crippen molar-refractivity contribution in [3.63, 3.8) is 0 Å². The van der Waals surface area contributed by atoms with Crippen LogP contribution in [-0.2, 0) is 14.3 Å². The summed E-state index contributed by atoms with van der Waals surface area (Å²) in [5.74, 6) is -1.18. The molecule has 1 aliphatic rings. The Labute approximate surface area is 134 Å². The molecule has 0 amide bonds. The first kappa shape index (κ1) is 15.0. The Hall–Kier alpha value is -2.88. The molecule has 1 aliphatic heterocycles. The Kier molecular flexibility index (Phi) is 3.74. The van der Waals surface area contributed by atoms with E-state index in [9.17, 15) is 9.59 Å². The molecule has 23 heavy (non-hydrogen) atoms. The van der Waals surface area contributed by atoms with Crippen LogP contribution in [0, 0.1) is 0 Å². The lowest BCUT2D eigenvalue weighted by Gasteiger charge is -2.06. The SMILES string of the molecule is C=Cc1ccc2cc(C(=O)OC3=C(C)C(C)OC3=O)ccc2c1. The highest BCUT2D eigenvalue weighted by atomic mass is 16.6. The lowest BCUT2D eigenvalue weighted by Crippen LogP contribution is -2.10. The van der Waals surface area contributed by atoms with Gasteiger partial charge in [0, 0.05) is 5.57 Å².